The minimum absolute atomic E-state index is 0.459. The largest absolute Gasteiger partial charge is 0.352 e. The van der Waals surface area contributed by atoms with Crippen molar-refractivity contribution in [2.75, 3.05) is 5.32 Å². The lowest BCUT2D eigenvalue weighted by molar-refractivity contribution is 0.743. The van der Waals surface area contributed by atoms with Crippen LogP contribution in [0.1, 0.15) is 44.7 Å². The number of aromatic nitrogens is 2. The predicted octanol–water partition coefficient (Wildman–Crippen LogP) is 3.61. The summed E-state index contributed by atoms with van der Waals surface area (Å²) in [6.07, 6.45) is 7.49. The fourth-order valence-corrected chi connectivity index (χ4v) is 3.62. The number of thioether (sulfide) groups is 1. The van der Waals surface area contributed by atoms with Crippen LogP contribution in [-0.4, -0.2) is 16.0 Å². The normalized spacial score (nSPS) is 20.3. The molecule has 0 unspecified atom stereocenters. The van der Waals surface area contributed by atoms with Gasteiger partial charge in [-0.05, 0) is 30.7 Å². The minimum atomic E-state index is 0.459. The number of hydrogen-bond acceptors (Lipinski definition) is 6. The van der Waals surface area contributed by atoms with E-state index in [1.165, 1.54) is 25.7 Å². The molecule has 22 heavy (non-hydrogen) atoms. The van der Waals surface area contributed by atoms with Crippen LogP contribution in [0, 0.1) is 11.3 Å². The summed E-state index contributed by atoms with van der Waals surface area (Å²) in [5.41, 5.74) is 2.37. The lowest BCUT2D eigenvalue weighted by atomic mass is 10.2. The Balaban J connectivity index is 1.81. The zero-order valence-corrected chi connectivity index (χ0v) is 13.4. The lowest BCUT2D eigenvalue weighted by Crippen LogP contribution is -2.17. The van der Waals surface area contributed by atoms with Crippen molar-refractivity contribution in [3.8, 4) is 6.07 Å². The van der Waals surface area contributed by atoms with E-state index in [2.05, 4.69) is 33.6 Å². The highest BCUT2D eigenvalue weighted by Crippen LogP contribution is 2.32. The Morgan fingerprint density at radius 1 is 1.50 bits per heavy atom. The third-order valence-corrected chi connectivity index (χ3v) is 4.86. The third-order valence-electron chi connectivity index (χ3n) is 3.91. The van der Waals surface area contributed by atoms with Gasteiger partial charge in [0.15, 0.2) is 0 Å². The van der Waals surface area contributed by atoms with E-state index in [1.54, 1.807) is 24.0 Å². The quantitative estimate of drug-likeness (QED) is 0.827. The van der Waals surface area contributed by atoms with Gasteiger partial charge in [0, 0.05) is 17.9 Å². The van der Waals surface area contributed by atoms with E-state index in [0.29, 0.717) is 23.3 Å². The van der Waals surface area contributed by atoms with Crippen LogP contribution >= 0.6 is 11.8 Å². The molecule has 5 nitrogen and oxygen atoms in total. The molecule has 6 heteroatoms. The fourth-order valence-electron chi connectivity index (χ4n) is 2.67. The molecule has 1 aliphatic carbocycles. The standard InChI is InChI=1S/C16H19N5S/c1-2-11-10-22-15(19-11)13(9-17)14-7-8-18-16(21-14)20-12-5-3-4-6-12/h7-8,10,12,19H,2-6H2,1H3,(H,18,20,21)/b15-13-. The van der Waals surface area contributed by atoms with Crippen molar-refractivity contribution < 1.29 is 0 Å². The predicted molar refractivity (Wildman–Crippen MR) is 89.5 cm³/mol. The molecular formula is C16H19N5S. The molecule has 0 saturated heterocycles. The number of allylic oxidation sites excluding steroid dienone is 2. The second-order valence-corrected chi connectivity index (χ2v) is 6.33. The van der Waals surface area contributed by atoms with Gasteiger partial charge in [-0.15, -0.1) is 0 Å². The Hall–Kier alpha value is -2.00. The molecule has 2 heterocycles. The van der Waals surface area contributed by atoms with Crippen LogP contribution in [0.3, 0.4) is 0 Å². The van der Waals surface area contributed by atoms with E-state index in [9.17, 15) is 5.26 Å². The molecule has 0 aromatic carbocycles. The summed E-state index contributed by atoms with van der Waals surface area (Å²) in [7, 11) is 0. The maximum atomic E-state index is 9.51. The van der Waals surface area contributed by atoms with Crippen LogP contribution in [-0.2, 0) is 0 Å². The molecule has 2 N–H and O–H groups in total. The molecule has 2 aliphatic rings. The van der Waals surface area contributed by atoms with Crippen LogP contribution in [0.25, 0.3) is 5.57 Å². The van der Waals surface area contributed by atoms with Crippen LogP contribution < -0.4 is 10.6 Å². The second kappa shape index (κ2) is 6.84. The molecule has 3 rings (SSSR count). The Labute approximate surface area is 134 Å². The Morgan fingerprint density at radius 2 is 2.32 bits per heavy atom. The number of nitrogens with zero attached hydrogens (tertiary/aromatic N) is 3. The van der Waals surface area contributed by atoms with Gasteiger partial charge in [0.1, 0.15) is 11.6 Å². The maximum absolute atomic E-state index is 9.51. The first-order valence-electron chi connectivity index (χ1n) is 7.67. The van der Waals surface area contributed by atoms with Gasteiger partial charge in [-0.25, -0.2) is 9.97 Å². The second-order valence-electron chi connectivity index (χ2n) is 5.45. The molecule has 0 bridgehead atoms. The van der Waals surface area contributed by atoms with Crippen molar-refractivity contribution in [1.82, 2.24) is 15.3 Å². The van der Waals surface area contributed by atoms with Gasteiger partial charge in [-0.1, -0.05) is 31.5 Å². The molecule has 0 radical (unpaired) electrons. The van der Waals surface area contributed by atoms with Gasteiger partial charge >= 0.3 is 0 Å². The summed E-state index contributed by atoms with van der Waals surface area (Å²) in [6.45, 7) is 2.09. The van der Waals surface area contributed by atoms with Gasteiger partial charge in [-0.3, -0.25) is 0 Å². The highest BCUT2D eigenvalue weighted by atomic mass is 32.2. The summed E-state index contributed by atoms with van der Waals surface area (Å²) < 4.78 is 0. The van der Waals surface area contributed by atoms with E-state index >= 15 is 0 Å². The molecule has 0 atom stereocenters. The van der Waals surface area contributed by atoms with Crippen molar-refractivity contribution in [1.29, 1.82) is 5.26 Å². The SMILES string of the molecule is CCC1=CS/C(=C(/C#N)c2ccnc(NC3CCCC3)n2)N1. The van der Waals surface area contributed by atoms with Crippen molar-refractivity contribution in [2.45, 2.75) is 45.1 Å². The van der Waals surface area contributed by atoms with Crippen molar-refractivity contribution in [2.24, 2.45) is 0 Å². The molecule has 1 fully saturated rings. The number of anilines is 1. The number of nitriles is 1. The smallest absolute Gasteiger partial charge is 0.223 e. The van der Waals surface area contributed by atoms with E-state index in [1.807, 2.05) is 5.41 Å². The van der Waals surface area contributed by atoms with E-state index in [0.717, 1.165) is 17.1 Å². The maximum Gasteiger partial charge on any atom is 0.223 e. The molecule has 1 aromatic rings. The van der Waals surface area contributed by atoms with Gasteiger partial charge in [0.25, 0.3) is 0 Å². The third kappa shape index (κ3) is 3.25. The molecule has 0 amide bonds. The van der Waals surface area contributed by atoms with Crippen LogP contribution in [0.2, 0.25) is 0 Å². The Kier molecular flexibility index (Phi) is 4.64. The van der Waals surface area contributed by atoms with Crippen molar-refractivity contribution in [3.05, 3.63) is 34.1 Å². The molecule has 0 spiro atoms. The first-order chi connectivity index (χ1) is 10.8. The van der Waals surface area contributed by atoms with E-state index in [-0.39, 0.29) is 0 Å². The lowest BCUT2D eigenvalue weighted by Gasteiger charge is -2.12. The van der Waals surface area contributed by atoms with Crippen molar-refractivity contribution in [3.63, 3.8) is 0 Å². The van der Waals surface area contributed by atoms with Crippen LogP contribution in [0.4, 0.5) is 5.95 Å². The fraction of sp³-hybridized carbons (Fsp3) is 0.438. The zero-order valence-electron chi connectivity index (χ0n) is 12.6. The first kappa shape index (κ1) is 14.9. The summed E-state index contributed by atoms with van der Waals surface area (Å²) in [5.74, 6) is 0.615. The Morgan fingerprint density at radius 3 is 3.00 bits per heavy atom. The average molecular weight is 313 g/mol. The summed E-state index contributed by atoms with van der Waals surface area (Å²) in [5, 5.41) is 19.1. The van der Waals surface area contributed by atoms with Crippen LogP contribution in [0.15, 0.2) is 28.4 Å². The zero-order chi connectivity index (χ0) is 15.4. The highest BCUT2D eigenvalue weighted by Gasteiger charge is 2.18. The molecule has 1 saturated carbocycles. The minimum Gasteiger partial charge on any atom is -0.352 e. The Bertz CT molecular complexity index is 653. The first-order valence-corrected chi connectivity index (χ1v) is 8.55. The molecule has 1 aromatic heterocycles. The topological polar surface area (TPSA) is 73.6 Å². The van der Waals surface area contributed by atoms with Crippen molar-refractivity contribution >= 4 is 23.3 Å². The van der Waals surface area contributed by atoms with Gasteiger partial charge in [-0.2, -0.15) is 5.26 Å². The number of nitrogens with one attached hydrogen (secondary N) is 2. The van der Waals surface area contributed by atoms with Gasteiger partial charge in [0.2, 0.25) is 5.95 Å². The number of rotatable bonds is 4. The molecule has 114 valence electrons. The molecular weight excluding hydrogens is 294 g/mol. The van der Waals surface area contributed by atoms with E-state index in [4.69, 9.17) is 0 Å². The number of hydrogen-bond donors (Lipinski definition) is 2. The van der Waals surface area contributed by atoms with Gasteiger partial charge < -0.3 is 10.6 Å². The summed E-state index contributed by atoms with van der Waals surface area (Å²) >= 11 is 1.54. The van der Waals surface area contributed by atoms with Crippen LogP contribution in [0.5, 0.6) is 0 Å². The summed E-state index contributed by atoms with van der Waals surface area (Å²) in [4.78, 5) is 8.81. The molecule has 1 aliphatic heterocycles. The average Bonchev–Trinajstić information content (AvgIpc) is 3.20. The highest BCUT2D eigenvalue weighted by molar-refractivity contribution is 8.06. The van der Waals surface area contributed by atoms with E-state index < -0.39 is 0 Å². The monoisotopic (exact) mass is 313 g/mol. The van der Waals surface area contributed by atoms with Gasteiger partial charge in [0.05, 0.1) is 10.7 Å². The summed E-state index contributed by atoms with van der Waals surface area (Å²) in [6, 6.07) is 4.52.